The van der Waals surface area contributed by atoms with E-state index in [-0.39, 0.29) is 6.04 Å². The molecule has 6 heteroatoms. The first kappa shape index (κ1) is 13.2. The molecule has 1 atom stereocenters. The van der Waals surface area contributed by atoms with E-state index in [0.717, 1.165) is 15.6 Å². The molecule has 1 unspecified atom stereocenters. The third-order valence-corrected chi connectivity index (χ3v) is 3.66. The standard InChI is InChI=1S/C10H11BrClN3O/c1-5-8(12)4-7(6(2)14-15-13)10(16-3)9(5)11/h4,6H,1-3H3. The number of ether oxygens (including phenoxy) is 1. The van der Waals surface area contributed by atoms with Crippen molar-refractivity contribution in [1.82, 2.24) is 0 Å². The van der Waals surface area contributed by atoms with Gasteiger partial charge in [-0.2, -0.15) is 0 Å². The number of halogens is 2. The van der Waals surface area contributed by atoms with Crippen LogP contribution in [0.4, 0.5) is 0 Å². The number of methoxy groups -OCH3 is 1. The zero-order valence-electron chi connectivity index (χ0n) is 9.16. The number of hydrogen-bond donors (Lipinski definition) is 0. The number of hydrogen-bond acceptors (Lipinski definition) is 2. The predicted octanol–water partition coefficient (Wildman–Crippen LogP) is 4.79. The minimum absolute atomic E-state index is 0.325. The van der Waals surface area contributed by atoms with Crippen LogP contribution in [-0.4, -0.2) is 7.11 Å². The van der Waals surface area contributed by atoms with Crippen molar-refractivity contribution in [3.8, 4) is 5.75 Å². The lowest BCUT2D eigenvalue weighted by Gasteiger charge is -2.15. The van der Waals surface area contributed by atoms with Crippen LogP contribution in [0.5, 0.6) is 5.75 Å². The fourth-order valence-corrected chi connectivity index (χ4v) is 2.30. The summed E-state index contributed by atoms with van der Waals surface area (Å²) >= 11 is 9.49. The quantitative estimate of drug-likeness (QED) is 0.450. The molecule has 0 aromatic heterocycles. The third-order valence-electron chi connectivity index (χ3n) is 2.31. The van der Waals surface area contributed by atoms with Gasteiger partial charge < -0.3 is 4.74 Å². The van der Waals surface area contributed by atoms with Gasteiger partial charge in [0.15, 0.2) is 0 Å². The minimum Gasteiger partial charge on any atom is -0.495 e. The molecular weight excluding hydrogens is 293 g/mol. The molecule has 0 fully saturated rings. The summed E-state index contributed by atoms with van der Waals surface area (Å²) in [5.41, 5.74) is 10.1. The summed E-state index contributed by atoms with van der Waals surface area (Å²) < 4.78 is 6.08. The van der Waals surface area contributed by atoms with E-state index in [1.807, 2.05) is 6.92 Å². The van der Waals surface area contributed by atoms with Gasteiger partial charge in [-0.1, -0.05) is 23.6 Å². The molecule has 0 N–H and O–H groups in total. The first-order valence-corrected chi connectivity index (χ1v) is 5.76. The summed E-state index contributed by atoms with van der Waals surface area (Å²) in [5.74, 6) is 0.654. The van der Waals surface area contributed by atoms with E-state index in [1.54, 1.807) is 20.1 Å². The Labute approximate surface area is 107 Å². The van der Waals surface area contributed by atoms with Crippen LogP contribution in [0, 0.1) is 6.92 Å². The Kier molecular flexibility index (Phi) is 4.47. The number of benzene rings is 1. The van der Waals surface area contributed by atoms with E-state index in [2.05, 4.69) is 26.0 Å². The lowest BCUT2D eigenvalue weighted by atomic mass is 10.1. The van der Waals surface area contributed by atoms with Gasteiger partial charge in [-0.05, 0) is 40.0 Å². The zero-order valence-corrected chi connectivity index (χ0v) is 11.5. The fraction of sp³-hybridized carbons (Fsp3) is 0.400. The second-order valence-electron chi connectivity index (χ2n) is 3.30. The van der Waals surface area contributed by atoms with Crippen molar-refractivity contribution in [2.75, 3.05) is 7.11 Å². The molecule has 0 aliphatic rings. The molecule has 0 saturated carbocycles. The summed E-state index contributed by atoms with van der Waals surface area (Å²) in [7, 11) is 1.57. The molecule has 0 aliphatic carbocycles. The summed E-state index contributed by atoms with van der Waals surface area (Å²) in [5, 5.41) is 4.25. The Morgan fingerprint density at radius 3 is 2.75 bits per heavy atom. The highest BCUT2D eigenvalue weighted by molar-refractivity contribution is 9.10. The van der Waals surface area contributed by atoms with Crippen molar-refractivity contribution < 1.29 is 4.74 Å². The minimum atomic E-state index is -0.325. The van der Waals surface area contributed by atoms with Crippen LogP contribution >= 0.6 is 27.5 Å². The molecule has 0 spiro atoms. The van der Waals surface area contributed by atoms with Crippen LogP contribution in [0.3, 0.4) is 0 Å². The molecule has 1 rings (SSSR count). The fourth-order valence-electron chi connectivity index (χ4n) is 1.37. The van der Waals surface area contributed by atoms with Gasteiger partial charge in [-0.25, -0.2) is 0 Å². The van der Waals surface area contributed by atoms with Crippen molar-refractivity contribution in [1.29, 1.82) is 0 Å². The molecule has 0 saturated heterocycles. The normalized spacial score (nSPS) is 11.8. The highest BCUT2D eigenvalue weighted by Gasteiger charge is 2.17. The lowest BCUT2D eigenvalue weighted by molar-refractivity contribution is 0.404. The smallest absolute Gasteiger partial charge is 0.136 e. The first-order valence-electron chi connectivity index (χ1n) is 4.59. The maximum Gasteiger partial charge on any atom is 0.136 e. The maximum absolute atomic E-state index is 8.43. The molecular formula is C10H11BrClN3O. The second-order valence-corrected chi connectivity index (χ2v) is 4.50. The van der Waals surface area contributed by atoms with Crippen LogP contribution in [0.2, 0.25) is 5.02 Å². The summed E-state index contributed by atoms with van der Waals surface area (Å²) in [6.07, 6.45) is 0. The van der Waals surface area contributed by atoms with Crippen molar-refractivity contribution in [3.05, 3.63) is 37.1 Å². The average Bonchev–Trinajstić information content (AvgIpc) is 2.26. The molecule has 0 bridgehead atoms. The lowest BCUT2D eigenvalue weighted by Crippen LogP contribution is -1.98. The van der Waals surface area contributed by atoms with Crippen LogP contribution in [-0.2, 0) is 0 Å². The average molecular weight is 305 g/mol. The molecule has 86 valence electrons. The molecule has 1 aromatic rings. The Balaban J connectivity index is 3.43. The van der Waals surface area contributed by atoms with Crippen LogP contribution in [0.1, 0.15) is 24.1 Å². The summed E-state index contributed by atoms with van der Waals surface area (Å²) in [4.78, 5) is 2.78. The zero-order chi connectivity index (χ0) is 12.3. The van der Waals surface area contributed by atoms with Crippen molar-refractivity contribution in [3.63, 3.8) is 0 Å². The van der Waals surface area contributed by atoms with Crippen molar-refractivity contribution in [2.24, 2.45) is 5.11 Å². The molecule has 16 heavy (non-hydrogen) atoms. The maximum atomic E-state index is 8.43. The van der Waals surface area contributed by atoms with E-state index in [1.165, 1.54) is 0 Å². The summed E-state index contributed by atoms with van der Waals surface area (Å²) in [6, 6.07) is 1.44. The largest absolute Gasteiger partial charge is 0.495 e. The van der Waals surface area contributed by atoms with Gasteiger partial charge >= 0.3 is 0 Å². The first-order chi connectivity index (χ1) is 7.52. The molecule has 0 radical (unpaired) electrons. The van der Waals surface area contributed by atoms with Crippen LogP contribution in [0.25, 0.3) is 10.4 Å². The van der Waals surface area contributed by atoms with Crippen LogP contribution in [0.15, 0.2) is 15.7 Å². The van der Waals surface area contributed by atoms with Gasteiger partial charge in [-0.3, -0.25) is 0 Å². The van der Waals surface area contributed by atoms with Gasteiger partial charge in [0, 0.05) is 15.5 Å². The predicted molar refractivity (Wildman–Crippen MR) is 68.0 cm³/mol. The molecule has 0 heterocycles. The monoisotopic (exact) mass is 303 g/mol. The highest BCUT2D eigenvalue weighted by Crippen LogP contribution is 2.40. The van der Waals surface area contributed by atoms with E-state index in [9.17, 15) is 0 Å². The van der Waals surface area contributed by atoms with Gasteiger partial charge in [0.1, 0.15) is 5.75 Å². The van der Waals surface area contributed by atoms with Gasteiger partial charge in [0.25, 0.3) is 0 Å². The molecule has 0 aliphatic heterocycles. The SMILES string of the molecule is COc1c(C(C)N=[N+]=[N-])cc(Cl)c(C)c1Br. The Hall–Kier alpha value is -0.900. The van der Waals surface area contributed by atoms with Gasteiger partial charge in [-0.15, -0.1) is 0 Å². The topological polar surface area (TPSA) is 58.0 Å². The number of rotatable bonds is 3. The molecule has 1 aromatic carbocycles. The third kappa shape index (κ3) is 2.43. The Morgan fingerprint density at radius 2 is 2.25 bits per heavy atom. The van der Waals surface area contributed by atoms with E-state index < -0.39 is 0 Å². The van der Waals surface area contributed by atoms with Gasteiger partial charge in [0.2, 0.25) is 0 Å². The Bertz CT molecular complexity index is 458. The number of azide groups is 1. The summed E-state index contributed by atoms with van der Waals surface area (Å²) in [6.45, 7) is 3.67. The number of nitrogens with zero attached hydrogens (tertiary/aromatic N) is 3. The van der Waals surface area contributed by atoms with E-state index in [0.29, 0.717) is 10.8 Å². The second kappa shape index (κ2) is 5.43. The highest BCUT2D eigenvalue weighted by atomic mass is 79.9. The van der Waals surface area contributed by atoms with Crippen LogP contribution < -0.4 is 4.74 Å². The van der Waals surface area contributed by atoms with Crippen molar-refractivity contribution >= 4 is 27.5 Å². The molecule has 0 amide bonds. The Morgan fingerprint density at radius 1 is 1.62 bits per heavy atom. The van der Waals surface area contributed by atoms with E-state index in [4.69, 9.17) is 21.9 Å². The molecule has 4 nitrogen and oxygen atoms in total. The van der Waals surface area contributed by atoms with Gasteiger partial charge in [0.05, 0.1) is 17.6 Å². The van der Waals surface area contributed by atoms with Crippen molar-refractivity contribution in [2.45, 2.75) is 19.9 Å². The van der Waals surface area contributed by atoms with E-state index >= 15 is 0 Å².